The molecule has 1 N–H and O–H groups in total. The first-order valence-electron chi connectivity index (χ1n) is 5.81. The van der Waals surface area contributed by atoms with Crippen LogP contribution in [0.4, 0.5) is 13.2 Å². The van der Waals surface area contributed by atoms with Crippen LogP contribution in [0.2, 0.25) is 0 Å². The lowest BCUT2D eigenvalue weighted by Crippen LogP contribution is -2.38. The van der Waals surface area contributed by atoms with Crippen molar-refractivity contribution in [3.63, 3.8) is 0 Å². The topological polar surface area (TPSA) is 51.2 Å². The van der Waals surface area contributed by atoms with Gasteiger partial charge in [-0.05, 0) is 17.7 Å². The molecule has 0 aliphatic rings. The molecule has 4 nitrogen and oxygen atoms in total. The molecule has 0 aliphatic heterocycles. The van der Waals surface area contributed by atoms with Crippen molar-refractivity contribution >= 4 is 17.2 Å². The lowest BCUT2D eigenvalue weighted by molar-refractivity contribution is -0.155. The van der Waals surface area contributed by atoms with Crippen molar-refractivity contribution < 1.29 is 22.7 Å². The van der Waals surface area contributed by atoms with Crippen molar-refractivity contribution in [1.82, 2.24) is 10.3 Å². The van der Waals surface area contributed by atoms with Crippen LogP contribution in [0, 0.1) is 0 Å². The van der Waals surface area contributed by atoms with Gasteiger partial charge in [0.1, 0.15) is 11.4 Å². The Labute approximate surface area is 122 Å². The van der Waals surface area contributed by atoms with Gasteiger partial charge in [-0.2, -0.15) is 13.2 Å². The number of halogens is 3. The van der Waals surface area contributed by atoms with Crippen LogP contribution < -0.4 is 10.1 Å². The molecule has 21 heavy (non-hydrogen) atoms. The molecular formula is C13H11F3N2O2S. The third-order valence-electron chi connectivity index (χ3n) is 2.72. The number of aromatic nitrogens is 1. The molecule has 2 aromatic rings. The molecule has 1 heterocycles. The molecule has 1 unspecified atom stereocenters. The van der Waals surface area contributed by atoms with Gasteiger partial charge >= 0.3 is 6.18 Å². The average molecular weight is 316 g/mol. The Balaban J connectivity index is 2.24. The molecule has 0 radical (unpaired) electrons. The zero-order valence-electron chi connectivity index (χ0n) is 10.8. The van der Waals surface area contributed by atoms with Crippen molar-refractivity contribution in [3.8, 4) is 5.75 Å². The fourth-order valence-electron chi connectivity index (χ4n) is 1.68. The molecule has 0 spiro atoms. The van der Waals surface area contributed by atoms with E-state index in [1.54, 1.807) is 0 Å². The SMILES string of the molecule is COc1ccc(C(NC(=O)c2cscn2)C(F)(F)F)cc1. The van der Waals surface area contributed by atoms with Crippen LogP contribution in [-0.2, 0) is 0 Å². The summed E-state index contributed by atoms with van der Waals surface area (Å²) in [5.74, 6) is -0.431. The van der Waals surface area contributed by atoms with Crippen LogP contribution in [0.15, 0.2) is 35.2 Å². The molecule has 0 saturated carbocycles. The molecule has 1 aromatic carbocycles. The first-order chi connectivity index (χ1) is 9.91. The molecule has 1 aromatic heterocycles. The van der Waals surface area contributed by atoms with E-state index in [0.717, 1.165) is 11.3 Å². The Morgan fingerprint density at radius 3 is 2.48 bits per heavy atom. The van der Waals surface area contributed by atoms with Crippen LogP contribution in [-0.4, -0.2) is 24.2 Å². The fraction of sp³-hybridized carbons (Fsp3) is 0.231. The summed E-state index contributed by atoms with van der Waals surface area (Å²) in [5, 5.41) is 3.34. The second kappa shape index (κ2) is 6.13. The maximum absolute atomic E-state index is 13.1. The zero-order chi connectivity index (χ0) is 15.5. The molecule has 2 rings (SSSR count). The highest BCUT2D eigenvalue weighted by atomic mass is 32.1. The Morgan fingerprint density at radius 1 is 1.33 bits per heavy atom. The first-order valence-corrected chi connectivity index (χ1v) is 6.76. The minimum atomic E-state index is -4.61. The minimum absolute atomic E-state index is 0.0391. The van der Waals surface area contributed by atoms with Gasteiger partial charge in [0.2, 0.25) is 0 Å². The molecule has 0 fully saturated rings. The summed E-state index contributed by atoms with van der Waals surface area (Å²) in [7, 11) is 1.42. The summed E-state index contributed by atoms with van der Waals surface area (Å²) in [5.41, 5.74) is 1.26. The smallest absolute Gasteiger partial charge is 0.412 e. The fourth-order valence-corrected chi connectivity index (χ4v) is 2.21. The van der Waals surface area contributed by atoms with Gasteiger partial charge in [0, 0.05) is 5.38 Å². The van der Waals surface area contributed by atoms with Gasteiger partial charge < -0.3 is 10.1 Å². The lowest BCUT2D eigenvalue weighted by Gasteiger charge is -2.21. The van der Waals surface area contributed by atoms with E-state index in [4.69, 9.17) is 4.74 Å². The van der Waals surface area contributed by atoms with E-state index in [9.17, 15) is 18.0 Å². The maximum Gasteiger partial charge on any atom is 0.412 e. The van der Waals surface area contributed by atoms with Crippen LogP contribution in [0.1, 0.15) is 22.1 Å². The van der Waals surface area contributed by atoms with E-state index < -0.39 is 18.1 Å². The summed E-state index contributed by atoms with van der Waals surface area (Å²) >= 11 is 1.13. The van der Waals surface area contributed by atoms with Crippen molar-refractivity contribution in [3.05, 3.63) is 46.4 Å². The lowest BCUT2D eigenvalue weighted by atomic mass is 10.1. The van der Waals surface area contributed by atoms with E-state index in [1.807, 2.05) is 5.32 Å². The van der Waals surface area contributed by atoms with Gasteiger partial charge in [-0.1, -0.05) is 12.1 Å². The number of methoxy groups -OCH3 is 1. The zero-order valence-corrected chi connectivity index (χ0v) is 11.7. The third kappa shape index (κ3) is 3.72. The number of rotatable bonds is 4. The van der Waals surface area contributed by atoms with Gasteiger partial charge in [-0.15, -0.1) is 11.3 Å². The largest absolute Gasteiger partial charge is 0.497 e. The third-order valence-corrected chi connectivity index (χ3v) is 3.30. The number of amides is 1. The number of carbonyl (C=O) groups excluding carboxylic acids is 1. The summed E-state index contributed by atoms with van der Waals surface area (Å²) in [4.78, 5) is 15.5. The number of hydrogen-bond donors (Lipinski definition) is 1. The number of ether oxygens (including phenoxy) is 1. The van der Waals surface area contributed by atoms with Gasteiger partial charge in [0.15, 0.2) is 6.04 Å². The van der Waals surface area contributed by atoms with Gasteiger partial charge in [0.05, 0.1) is 12.6 Å². The molecule has 112 valence electrons. The number of nitrogens with one attached hydrogen (secondary N) is 1. The summed E-state index contributed by atoms with van der Waals surface area (Å²) in [6, 6.07) is 3.24. The van der Waals surface area contributed by atoms with Gasteiger partial charge in [0.25, 0.3) is 5.91 Å². The molecule has 0 saturated heterocycles. The van der Waals surface area contributed by atoms with Crippen LogP contribution in [0.3, 0.4) is 0 Å². The summed E-state index contributed by atoms with van der Waals surface area (Å²) in [6.45, 7) is 0. The van der Waals surface area contributed by atoms with E-state index >= 15 is 0 Å². The van der Waals surface area contributed by atoms with Gasteiger partial charge in [-0.3, -0.25) is 4.79 Å². The number of alkyl halides is 3. The highest BCUT2D eigenvalue weighted by Gasteiger charge is 2.42. The highest BCUT2D eigenvalue weighted by Crippen LogP contribution is 2.33. The standard InChI is InChI=1S/C13H11F3N2O2S/c1-20-9-4-2-8(3-5-9)11(13(14,15)16)18-12(19)10-6-21-7-17-10/h2-7,11H,1H3,(H,18,19). The first kappa shape index (κ1) is 15.3. The minimum Gasteiger partial charge on any atom is -0.497 e. The Bertz CT molecular complexity index is 597. The summed E-state index contributed by atoms with van der Waals surface area (Å²) in [6.07, 6.45) is -4.61. The molecule has 8 heteroatoms. The van der Waals surface area contributed by atoms with Crippen LogP contribution >= 0.6 is 11.3 Å². The predicted molar refractivity (Wildman–Crippen MR) is 71.4 cm³/mol. The van der Waals surface area contributed by atoms with Crippen LogP contribution in [0.25, 0.3) is 0 Å². The maximum atomic E-state index is 13.1. The molecule has 0 aliphatic carbocycles. The second-order valence-corrected chi connectivity index (χ2v) is 4.81. The van der Waals surface area contributed by atoms with Crippen molar-refractivity contribution in [2.75, 3.05) is 7.11 Å². The van der Waals surface area contributed by atoms with E-state index in [1.165, 1.54) is 42.3 Å². The van der Waals surface area contributed by atoms with Crippen molar-refractivity contribution in [1.29, 1.82) is 0 Å². The highest BCUT2D eigenvalue weighted by molar-refractivity contribution is 7.07. The normalized spacial score (nSPS) is 12.8. The molecular weight excluding hydrogens is 305 g/mol. The number of carbonyl (C=O) groups is 1. The number of nitrogens with zero attached hydrogens (tertiary/aromatic N) is 1. The van der Waals surface area contributed by atoms with Crippen molar-refractivity contribution in [2.24, 2.45) is 0 Å². The van der Waals surface area contributed by atoms with E-state index in [2.05, 4.69) is 4.98 Å². The quantitative estimate of drug-likeness (QED) is 0.942. The number of thiazole rings is 1. The van der Waals surface area contributed by atoms with Gasteiger partial charge in [-0.25, -0.2) is 4.98 Å². The Kier molecular flexibility index (Phi) is 4.46. The Morgan fingerprint density at radius 2 is 2.00 bits per heavy atom. The second-order valence-electron chi connectivity index (χ2n) is 4.09. The number of hydrogen-bond acceptors (Lipinski definition) is 4. The monoisotopic (exact) mass is 316 g/mol. The van der Waals surface area contributed by atoms with E-state index in [0.29, 0.717) is 5.75 Å². The predicted octanol–water partition coefficient (Wildman–Crippen LogP) is 3.19. The molecule has 1 amide bonds. The molecule has 0 bridgehead atoms. The summed E-state index contributed by atoms with van der Waals surface area (Å²) < 4.78 is 44.3. The van der Waals surface area contributed by atoms with Crippen molar-refractivity contribution in [2.45, 2.75) is 12.2 Å². The average Bonchev–Trinajstić information content (AvgIpc) is 2.98. The Hall–Kier alpha value is -2.09. The van der Waals surface area contributed by atoms with E-state index in [-0.39, 0.29) is 11.3 Å². The molecule has 1 atom stereocenters. The number of benzene rings is 1. The van der Waals surface area contributed by atoms with Crippen LogP contribution in [0.5, 0.6) is 5.75 Å².